The zero-order chi connectivity index (χ0) is 14.2. The summed E-state index contributed by atoms with van der Waals surface area (Å²) in [6.07, 6.45) is 3.39. The number of unbranched alkanes of at least 4 members (excludes halogenated alkanes) is 2. The van der Waals surface area contributed by atoms with Crippen molar-refractivity contribution in [3.8, 4) is 11.1 Å². The monoisotopic (exact) mass is 291 g/mol. The quantitative estimate of drug-likeness (QED) is 0.729. The van der Waals surface area contributed by atoms with Crippen molar-refractivity contribution >= 4 is 22.4 Å². The van der Waals surface area contributed by atoms with E-state index in [4.69, 9.17) is 10.5 Å². The van der Waals surface area contributed by atoms with Gasteiger partial charge in [0.15, 0.2) is 0 Å². The zero-order valence-corrected chi connectivity index (χ0v) is 12.6. The second kappa shape index (κ2) is 7.87. The fourth-order valence-electron chi connectivity index (χ4n) is 2.06. The van der Waals surface area contributed by atoms with E-state index in [1.165, 1.54) is 11.5 Å². The van der Waals surface area contributed by atoms with Gasteiger partial charge in [0.1, 0.15) is 10.8 Å². The predicted octanol–water partition coefficient (Wildman–Crippen LogP) is 3.62. The Balaban J connectivity index is 1.93. The smallest absolute Gasteiger partial charge is 0.147 e. The summed E-state index contributed by atoms with van der Waals surface area (Å²) in [4.78, 5) is 0. The number of nitrogen functional groups attached to an aromatic ring is 1. The number of methoxy groups -OCH3 is 1. The lowest BCUT2D eigenvalue weighted by Gasteiger charge is -2.07. The van der Waals surface area contributed by atoms with Gasteiger partial charge in [-0.05, 0) is 36.4 Å². The van der Waals surface area contributed by atoms with Crippen LogP contribution in [0.4, 0.5) is 10.8 Å². The first kappa shape index (κ1) is 14.8. The number of ether oxygens (including phenoxy) is 1. The summed E-state index contributed by atoms with van der Waals surface area (Å²) >= 11 is 1.43. The number of nitrogens with zero attached hydrogens (tertiary/aromatic N) is 1. The number of nitrogens with two attached hydrogens (primary N) is 1. The van der Waals surface area contributed by atoms with Gasteiger partial charge in [-0.15, -0.1) is 0 Å². The van der Waals surface area contributed by atoms with Gasteiger partial charge in [0.25, 0.3) is 0 Å². The van der Waals surface area contributed by atoms with E-state index in [0.29, 0.717) is 5.82 Å². The van der Waals surface area contributed by atoms with E-state index in [1.54, 1.807) is 7.11 Å². The SMILES string of the molecule is COCCCCCNc1snc(N)c1-c1ccccc1. The van der Waals surface area contributed by atoms with Gasteiger partial charge in [0, 0.05) is 20.3 Å². The van der Waals surface area contributed by atoms with Crippen molar-refractivity contribution in [1.29, 1.82) is 0 Å². The van der Waals surface area contributed by atoms with Crippen LogP contribution in [-0.2, 0) is 4.74 Å². The molecular weight excluding hydrogens is 270 g/mol. The maximum Gasteiger partial charge on any atom is 0.147 e. The fourth-order valence-corrected chi connectivity index (χ4v) is 2.82. The van der Waals surface area contributed by atoms with Crippen molar-refractivity contribution in [2.45, 2.75) is 19.3 Å². The third-order valence-corrected chi connectivity index (χ3v) is 3.91. The largest absolute Gasteiger partial charge is 0.385 e. The van der Waals surface area contributed by atoms with Crippen molar-refractivity contribution in [3.05, 3.63) is 30.3 Å². The summed E-state index contributed by atoms with van der Waals surface area (Å²) in [6.45, 7) is 1.77. The van der Waals surface area contributed by atoms with E-state index in [2.05, 4.69) is 21.8 Å². The van der Waals surface area contributed by atoms with Crippen LogP contribution in [0.1, 0.15) is 19.3 Å². The molecule has 1 aromatic carbocycles. The normalized spacial score (nSPS) is 10.7. The van der Waals surface area contributed by atoms with Crippen LogP contribution in [0.25, 0.3) is 11.1 Å². The first-order valence-corrected chi connectivity index (χ1v) is 7.63. The molecule has 20 heavy (non-hydrogen) atoms. The number of aromatic nitrogens is 1. The van der Waals surface area contributed by atoms with Crippen molar-refractivity contribution < 1.29 is 4.74 Å². The maximum absolute atomic E-state index is 5.99. The molecule has 0 spiro atoms. The summed E-state index contributed by atoms with van der Waals surface area (Å²) in [5, 5.41) is 4.50. The summed E-state index contributed by atoms with van der Waals surface area (Å²) < 4.78 is 9.30. The third-order valence-electron chi connectivity index (χ3n) is 3.09. The topological polar surface area (TPSA) is 60.2 Å². The Labute approximate surface area is 124 Å². The highest BCUT2D eigenvalue weighted by Gasteiger charge is 2.12. The third kappa shape index (κ3) is 3.95. The number of hydrogen-bond donors (Lipinski definition) is 2. The summed E-state index contributed by atoms with van der Waals surface area (Å²) in [7, 11) is 1.74. The molecule has 2 rings (SSSR count). The van der Waals surface area contributed by atoms with Gasteiger partial charge in [0.05, 0.1) is 5.56 Å². The van der Waals surface area contributed by atoms with Crippen LogP contribution in [0.15, 0.2) is 30.3 Å². The fraction of sp³-hybridized carbons (Fsp3) is 0.400. The molecule has 4 nitrogen and oxygen atoms in total. The summed E-state index contributed by atoms with van der Waals surface area (Å²) in [5.74, 6) is 0.600. The van der Waals surface area contributed by atoms with Gasteiger partial charge in [-0.2, -0.15) is 4.37 Å². The molecule has 1 heterocycles. The molecule has 0 aliphatic rings. The molecule has 0 saturated heterocycles. The predicted molar refractivity (Wildman–Crippen MR) is 86.2 cm³/mol. The van der Waals surface area contributed by atoms with E-state index in [0.717, 1.165) is 48.5 Å². The first-order valence-electron chi connectivity index (χ1n) is 6.86. The highest BCUT2D eigenvalue weighted by atomic mass is 32.1. The van der Waals surface area contributed by atoms with E-state index in [-0.39, 0.29) is 0 Å². The summed E-state index contributed by atoms with van der Waals surface area (Å²) in [5.41, 5.74) is 8.12. The average molecular weight is 291 g/mol. The lowest BCUT2D eigenvalue weighted by Crippen LogP contribution is -2.02. The minimum atomic E-state index is 0.600. The van der Waals surface area contributed by atoms with Gasteiger partial charge in [0.2, 0.25) is 0 Å². The van der Waals surface area contributed by atoms with Gasteiger partial charge in [-0.3, -0.25) is 0 Å². The molecule has 1 aromatic heterocycles. The van der Waals surface area contributed by atoms with Crippen LogP contribution in [-0.4, -0.2) is 24.6 Å². The van der Waals surface area contributed by atoms with Crippen LogP contribution in [0.3, 0.4) is 0 Å². The molecule has 3 N–H and O–H groups in total. The Hall–Kier alpha value is -1.59. The molecule has 5 heteroatoms. The number of anilines is 2. The number of benzene rings is 1. The van der Waals surface area contributed by atoms with Gasteiger partial charge in [-0.1, -0.05) is 30.3 Å². The van der Waals surface area contributed by atoms with Crippen LogP contribution < -0.4 is 11.1 Å². The molecule has 0 bridgehead atoms. The molecule has 0 atom stereocenters. The van der Waals surface area contributed by atoms with Crippen LogP contribution >= 0.6 is 11.5 Å². The average Bonchev–Trinajstić information content (AvgIpc) is 2.84. The van der Waals surface area contributed by atoms with Crippen molar-refractivity contribution in [3.63, 3.8) is 0 Å². The number of hydrogen-bond acceptors (Lipinski definition) is 5. The lowest BCUT2D eigenvalue weighted by atomic mass is 10.1. The highest BCUT2D eigenvalue weighted by molar-refractivity contribution is 7.11. The van der Waals surface area contributed by atoms with Gasteiger partial charge in [-0.25, -0.2) is 0 Å². The molecule has 0 aliphatic heterocycles. The molecule has 0 amide bonds. The van der Waals surface area contributed by atoms with Crippen molar-refractivity contribution in [2.24, 2.45) is 0 Å². The van der Waals surface area contributed by atoms with E-state index in [1.807, 2.05) is 18.2 Å². The zero-order valence-electron chi connectivity index (χ0n) is 11.8. The highest BCUT2D eigenvalue weighted by Crippen LogP contribution is 2.36. The van der Waals surface area contributed by atoms with Crippen molar-refractivity contribution in [1.82, 2.24) is 4.37 Å². The molecule has 108 valence electrons. The molecule has 0 saturated carbocycles. The second-order valence-electron chi connectivity index (χ2n) is 4.62. The Kier molecular flexibility index (Phi) is 5.83. The Morgan fingerprint density at radius 1 is 1.20 bits per heavy atom. The molecule has 0 aliphatic carbocycles. The van der Waals surface area contributed by atoms with E-state index >= 15 is 0 Å². The first-order chi connectivity index (χ1) is 9.83. The minimum Gasteiger partial charge on any atom is -0.385 e. The molecule has 0 unspecified atom stereocenters. The lowest BCUT2D eigenvalue weighted by molar-refractivity contribution is 0.192. The second-order valence-corrected chi connectivity index (χ2v) is 5.39. The molecule has 2 aromatic rings. The minimum absolute atomic E-state index is 0.600. The Morgan fingerprint density at radius 2 is 2.00 bits per heavy atom. The van der Waals surface area contributed by atoms with Crippen molar-refractivity contribution in [2.75, 3.05) is 31.3 Å². The van der Waals surface area contributed by atoms with Gasteiger partial charge >= 0.3 is 0 Å². The number of nitrogens with one attached hydrogen (secondary N) is 1. The van der Waals surface area contributed by atoms with Crippen LogP contribution in [0, 0.1) is 0 Å². The summed E-state index contributed by atoms with van der Waals surface area (Å²) in [6, 6.07) is 10.2. The molecule has 0 fully saturated rings. The Morgan fingerprint density at radius 3 is 2.75 bits per heavy atom. The molecular formula is C15H21N3OS. The standard InChI is InChI=1S/C15H21N3OS/c1-19-11-7-3-6-10-17-15-13(14(16)18-20-15)12-8-4-2-5-9-12/h2,4-5,8-9,17H,3,6-7,10-11H2,1H3,(H2,16,18). The van der Waals surface area contributed by atoms with Gasteiger partial charge < -0.3 is 15.8 Å². The Bertz CT molecular complexity index is 513. The maximum atomic E-state index is 5.99. The van der Waals surface area contributed by atoms with E-state index in [9.17, 15) is 0 Å². The van der Waals surface area contributed by atoms with Crippen LogP contribution in [0.5, 0.6) is 0 Å². The molecule has 0 radical (unpaired) electrons. The van der Waals surface area contributed by atoms with Crippen LogP contribution in [0.2, 0.25) is 0 Å². The van der Waals surface area contributed by atoms with E-state index < -0.39 is 0 Å². The number of rotatable bonds is 8.